The fourth-order valence-electron chi connectivity index (χ4n) is 3.18. The van der Waals surface area contributed by atoms with Gasteiger partial charge in [0.1, 0.15) is 11.6 Å². The quantitative estimate of drug-likeness (QED) is 0.415. The first-order chi connectivity index (χ1) is 15.0. The molecule has 3 rings (SSSR count). The van der Waals surface area contributed by atoms with E-state index in [4.69, 9.17) is 4.74 Å². The Hall–Kier alpha value is -3.61. The lowest BCUT2D eigenvalue weighted by molar-refractivity contribution is -0.120. The lowest BCUT2D eigenvalue weighted by atomic mass is 10.0. The lowest BCUT2D eigenvalue weighted by Crippen LogP contribution is -2.21. The molecule has 1 amide bonds. The zero-order valence-corrected chi connectivity index (χ0v) is 18.4. The van der Waals surface area contributed by atoms with E-state index in [0.717, 1.165) is 41.3 Å². The number of nitrogens with zero attached hydrogens (tertiary/aromatic N) is 2. The molecule has 0 aliphatic heterocycles. The Morgan fingerprint density at radius 3 is 2.10 bits per heavy atom. The summed E-state index contributed by atoms with van der Waals surface area (Å²) in [7, 11) is 1.64. The van der Waals surface area contributed by atoms with E-state index in [9.17, 15) is 4.79 Å². The van der Waals surface area contributed by atoms with Crippen LogP contribution in [0.1, 0.15) is 32.4 Å². The molecule has 0 aliphatic carbocycles. The van der Waals surface area contributed by atoms with Crippen molar-refractivity contribution in [2.45, 2.75) is 33.6 Å². The van der Waals surface area contributed by atoms with E-state index in [1.165, 1.54) is 0 Å². The monoisotopic (exact) mass is 419 g/mol. The second kappa shape index (κ2) is 10.4. The van der Waals surface area contributed by atoms with Gasteiger partial charge in [-0.3, -0.25) is 4.79 Å². The van der Waals surface area contributed by atoms with Gasteiger partial charge in [0.2, 0.25) is 11.9 Å². The average Bonchev–Trinajstić information content (AvgIpc) is 2.76. The first-order valence-corrected chi connectivity index (χ1v) is 10.5. The van der Waals surface area contributed by atoms with Gasteiger partial charge in [0.25, 0.3) is 0 Å². The van der Waals surface area contributed by atoms with Crippen LogP contribution in [-0.2, 0) is 4.79 Å². The normalized spacial score (nSPS) is 10.6. The molecule has 0 atom stereocenters. The number of hydrogen-bond acceptors (Lipinski definition) is 6. The molecule has 7 heteroatoms. The van der Waals surface area contributed by atoms with Crippen molar-refractivity contribution in [2.24, 2.45) is 5.92 Å². The number of benzene rings is 2. The summed E-state index contributed by atoms with van der Waals surface area (Å²) < 4.78 is 5.19. The summed E-state index contributed by atoms with van der Waals surface area (Å²) >= 11 is 0. The summed E-state index contributed by atoms with van der Waals surface area (Å²) in [6, 6.07) is 17.0. The van der Waals surface area contributed by atoms with Crippen LogP contribution in [0.25, 0.3) is 0 Å². The Balaban J connectivity index is 1.67. The zero-order valence-electron chi connectivity index (χ0n) is 18.4. The molecule has 3 N–H and O–H groups in total. The maximum Gasteiger partial charge on any atom is 0.229 e. The van der Waals surface area contributed by atoms with Gasteiger partial charge in [0, 0.05) is 34.7 Å². The van der Waals surface area contributed by atoms with Crippen LogP contribution < -0.4 is 20.7 Å². The highest BCUT2D eigenvalue weighted by molar-refractivity contribution is 5.92. The van der Waals surface area contributed by atoms with E-state index < -0.39 is 0 Å². The SMILES string of the molecule is CCC(CC)C(=O)Nc1ccc(Nc2nc(C)cc(Nc3ccc(OC)cc3)n2)cc1. The zero-order chi connectivity index (χ0) is 22.2. The van der Waals surface area contributed by atoms with Crippen LogP contribution in [0.2, 0.25) is 0 Å². The largest absolute Gasteiger partial charge is 0.497 e. The van der Waals surface area contributed by atoms with E-state index in [1.807, 2.05) is 75.4 Å². The Bertz CT molecular complexity index is 999. The summed E-state index contributed by atoms with van der Waals surface area (Å²) in [6.45, 7) is 5.98. The predicted molar refractivity (Wildman–Crippen MR) is 125 cm³/mol. The van der Waals surface area contributed by atoms with Crippen LogP contribution >= 0.6 is 0 Å². The highest BCUT2D eigenvalue weighted by Crippen LogP contribution is 2.22. The fraction of sp³-hybridized carbons (Fsp3) is 0.292. The number of carbonyl (C=O) groups is 1. The van der Waals surface area contributed by atoms with E-state index in [1.54, 1.807) is 7.11 Å². The van der Waals surface area contributed by atoms with Gasteiger partial charge in [-0.2, -0.15) is 4.98 Å². The Morgan fingerprint density at radius 2 is 1.48 bits per heavy atom. The first-order valence-electron chi connectivity index (χ1n) is 10.5. The van der Waals surface area contributed by atoms with Gasteiger partial charge in [-0.1, -0.05) is 13.8 Å². The van der Waals surface area contributed by atoms with Crippen LogP contribution in [0, 0.1) is 12.8 Å². The van der Waals surface area contributed by atoms with Gasteiger partial charge in [-0.15, -0.1) is 0 Å². The fourth-order valence-corrected chi connectivity index (χ4v) is 3.18. The molecule has 162 valence electrons. The molecule has 0 unspecified atom stereocenters. The number of carbonyl (C=O) groups excluding carboxylic acids is 1. The highest BCUT2D eigenvalue weighted by atomic mass is 16.5. The standard InChI is InChI=1S/C24H29N5O2/c1-5-17(6-2)23(30)27-19-7-9-20(10-8-19)28-24-25-16(3)15-22(29-24)26-18-11-13-21(31-4)14-12-18/h7-15,17H,5-6H2,1-4H3,(H,27,30)(H2,25,26,28,29). The van der Waals surface area contributed by atoms with Crippen LogP contribution in [0.5, 0.6) is 5.75 Å². The number of methoxy groups -OCH3 is 1. The molecule has 2 aromatic carbocycles. The molecular formula is C24H29N5O2. The third kappa shape index (κ3) is 6.18. The highest BCUT2D eigenvalue weighted by Gasteiger charge is 2.14. The summed E-state index contributed by atoms with van der Waals surface area (Å²) in [4.78, 5) is 21.3. The summed E-state index contributed by atoms with van der Waals surface area (Å²) in [5.74, 6) is 2.07. The Morgan fingerprint density at radius 1 is 0.903 bits per heavy atom. The van der Waals surface area contributed by atoms with Gasteiger partial charge < -0.3 is 20.7 Å². The molecule has 31 heavy (non-hydrogen) atoms. The molecule has 0 spiro atoms. The minimum atomic E-state index is 0.0371. The molecule has 0 aliphatic rings. The predicted octanol–water partition coefficient (Wildman–Crippen LogP) is 5.66. The number of amides is 1. The second-order valence-electron chi connectivity index (χ2n) is 7.28. The van der Waals surface area contributed by atoms with Crippen LogP contribution in [-0.4, -0.2) is 23.0 Å². The molecule has 0 bridgehead atoms. The number of nitrogens with one attached hydrogen (secondary N) is 3. The molecule has 0 saturated carbocycles. The van der Waals surface area contributed by atoms with E-state index in [-0.39, 0.29) is 11.8 Å². The summed E-state index contributed by atoms with van der Waals surface area (Å²) in [5.41, 5.74) is 3.35. The van der Waals surface area contributed by atoms with Gasteiger partial charge in [-0.25, -0.2) is 4.98 Å². The average molecular weight is 420 g/mol. The molecule has 1 aromatic heterocycles. The summed E-state index contributed by atoms with van der Waals surface area (Å²) in [5, 5.41) is 9.47. The maximum absolute atomic E-state index is 12.3. The van der Waals surface area contributed by atoms with Crippen molar-refractivity contribution < 1.29 is 9.53 Å². The van der Waals surface area contributed by atoms with Crippen molar-refractivity contribution in [3.63, 3.8) is 0 Å². The third-order valence-corrected chi connectivity index (χ3v) is 4.98. The molecule has 1 heterocycles. The molecule has 0 saturated heterocycles. The van der Waals surface area contributed by atoms with Gasteiger partial charge in [0.15, 0.2) is 0 Å². The molecular weight excluding hydrogens is 390 g/mol. The molecule has 0 radical (unpaired) electrons. The topological polar surface area (TPSA) is 88.2 Å². The molecule has 7 nitrogen and oxygen atoms in total. The minimum absolute atomic E-state index is 0.0371. The van der Waals surface area contributed by atoms with E-state index in [2.05, 4.69) is 25.9 Å². The van der Waals surface area contributed by atoms with Crippen LogP contribution in [0.4, 0.5) is 28.8 Å². The number of aromatic nitrogens is 2. The van der Waals surface area contributed by atoms with Crippen molar-refractivity contribution in [3.8, 4) is 5.75 Å². The van der Waals surface area contributed by atoms with Crippen LogP contribution in [0.15, 0.2) is 54.6 Å². The molecule has 3 aromatic rings. The minimum Gasteiger partial charge on any atom is -0.497 e. The Labute approximate surface area is 183 Å². The number of hydrogen-bond donors (Lipinski definition) is 3. The van der Waals surface area contributed by atoms with Gasteiger partial charge >= 0.3 is 0 Å². The first kappa shape index (κ1) is 22.1. The van der Waals surface area contributed by atoms with Crippen molar-refractivity contribution >= 4 is 34.7 Å². The number of anilines is 5. The van der Waals surface area contributed by atoms with Gasteiger partial charge in [0.05, 0.1) is 7.11 Å². The van der Waals surface area contributed by atoms with Crippen molar-refractivity contribution in [1.82, 2.24) is 9.97 Å². The Kier molecular flexibility index (Phi) is 7.43. The third-order valence-electron chi connectivity index (χ3n) is 4.98. The maximum atomic E-state index is 12.3. The number of rotatable bonds is 9. The van der Waals surface area contributed by atoms with Crippen molar-refractivity contribution in [1.29, 1.82) is 0 Å². The number of aryl methyl sites for hydroxylation is 1. The van der Waals surface area contributed by atoms with E-state index >= 15 is 0 Å². The second-order valence-corrected chi connectivity index (χ2v) is 7.28. The van der Waals surface area contributed by atoms with Crippen LogP contribution in [0.3, 0.4) is 0 Å². The molecule has 0 fully saturated rings. The lowest BCUT2D eigenvalue weighted by Gasteiger charge is -2.13. The number of ether oxygens (including phenoxy) is 1. The van der Waals surface area contributed by atoms with E-state index in [0.29, 0.717) is 11.8 Å². The van der Waals surface area contributed by atoms with Gasteiger partial charge in [-0.05, 0) is 68.3 Å². The smallest absolute Gasteiger partial charge is 0.229 e. The van der Waals surface area contributed by atoms with Crippen molar-refractivity contribution in [3.05, 3.63) is 60.3 Å². The summed E-state index contributed by atoms with van der Waals surface area (Å²) in [6.07, 6.45) is 1.67. The van der Waals surface area contributed by atoms with Crippen molar-refractivity contribution in [2.75, 3.05) is 23.1 Å².